The Labute approximate surface area is 209 Å². The average Bonchev–Trinajstić information content (AvgIpc) is 2.82. The zero-order valence-electron chi connectivity index (χ0n) is 22.0. The van der Waals surface area contributed by atoms with Crippen LogP contribution in [0.2, 0.25) is 0 Å². The van der Waals surface area contributed by atoms with Crippen molar-refractivity contribution in [1.82, 2.24) is 4.90 Å². The third-order valence-electron chi connectivity index (χ3n) is 6.75. The van der Waals surface area contributed by atoms with Crippen molar-refractivity contribution in [2.24, 2.45) is 5.92 Å². The number of piperidine rings is 1. The number of carbonyl (C=O) groups is 2. The molecule has 1 saturated heterocycles. The lowest BCUT2D eigenvalue weighted by molar-refractivity contribution is -0.152. The molecule has 1 aliphatic rings. The van der Waals surface area contributed by atoms with E-state index in [9.17, 15) is 14.7 Å². The molecule has 0 unspecified atom stereocenters. The first kappa shape index (κ1) is 26.6. The summed E-state index contributed by atoms with van der Waals surface area (Å²) < 4.78 is 5.73. The normalized spacial score (nSPS) is 16.5. The molecule has 190 valence electrons. The summed E-state index contributed by atoms with van der Waals surface area (Å²) >= 11 is 0. The highest BCUT2D eigenvalue weighted by molar-refractivity contribution is 5.80. The van der Waals surface area contributed by atoms with E-state index in [0.29, 0.717) is 24.8 Å². The number of anilines is 1. The zero-order chi connectivity index (χ0) is 25.8. The molecule has 2 aromatic rings. The van der Waals surface area contributed by atoms with E-state index in [1.165, 1.54) is 19.4 Å². The maximum absolute atomic E-state index is 13.6. The Morgan fingerprint density at radius 2 is 1.80 bits per heavy atom. The van der Waals surface area contributed by atoms with Gasteiger partial charge in [-0.3, -0.25) is 4.79 Å². The van der Waals surface area contributed by atoms with Crippen LogP contribution in [-0.2, 0) is 16.1 Å². The van der Waals surface area contributed by atoms with Crippen molar-refractivity contribution in [2.45, 2.75) is 78.5 Å². The van der Waals surface area contributed by atoms with Crippen molar-refractivity contribution in [3.63, 3.8) is 0 Å². The standard InChI is InChI=1S/C29H40N2O4/c1-20(2)23-14-12-22(13-15-23)18-31(21(3)4)27(32)24-9-8-16-30(19-24)25-10-7-11-26(17-25)35-29(5,6)28(33)34/h7,10-15,17,20-21,24H,8-9,16,18-19H2,1-6H3,(H,33,34)/t24-/m1/s1. The molecule has 1 amide bonds. The fourth-order valence-electron chi connectivity index (χ4n) is 4.45. The molecule has 0 spiro atoms. The minimum atomic E-state index is -1.32. The van der Waals surface area contributed by atoms with E-state index in [-0.39, 0.29) is 17.9 Å². The van der Waals surface area contributed by atoms with Crippen LogP contribution in [-0.4, -0.2) is 46.6 Å². The summed E-state index contributed by atoms with van der Waals surface area (Å²) in [5, 5.41) is 9.38. The molecule has 0 bridgehead atoms. The van der Waals surface area contributed by atoms with Crippen LogP contribution in [0.1, 0.15) is 71.4 Å². The molecule has 1 atom stereocenters. The molecule has 0 radical (unpaired) electrons. The van der Waals surface area contributed by atoms with Crippen molar-refractivity contribution in [2.75, 3.05) is 18.0 Å². The molecule has 1 heterocycles. The molecule has 1 fully saturated rings. The van der Waals surface area contributed by atoms with Gasteiger partial charge in [0.05, 0.1) is 5.92 Å². The molecule has 0 aliphatic carbocycles. The van der Waals surface area contributed by atoms with Crippen LogP contribution in [0.5, 0.6) is 5.75 Å². The van der Waals surface area contributed by atoms with Crippen LogP contribution in [0.4, 0.5) is 5.69 Å². The summed E-state index contributed by atoms with van der Waals surface area (Å²) in [5.74, 6) is 0.0912. The van der Waals surface area contributed by atoms with Gasteiger partial charge in [0.1, 0.15) is 5.75 Å². The molecule has 6 heteroatoms. The molecule has 0 aromatic heterocycles. The van der Waals surface area contributed by atoms with E-state index < -0.39 is 11.6 Å². The number of aliphatic carboxylic acids is 1. The third-order valence-corrected chi connectivity index (χ3v) is 6.75. The molecule has 35 heavy (non-hydrogen) atoms. The summed E-state index contributed by atoms with van der Waals surface area (Å²) in [4.78, 5) is 29.3. The number of carbonyl (C=O) groups excluding carboxylic acids is 1. The van der Waals surface area contributed by atoms with Crippen LogP contribution in [0, 0.1) is 5.92 Å². The second-order valence-electron chi connectivity index (χ2n) is 10.7. The van der Waals surface area contributed by atoms with E-state index in [4.69, 9.17) is 4.74 Å². The smallest absolute Gasteiger partial charge is 0.347 e. The van der Waals surface area contributed by atoms with Crippen LogP contribution in [0.25, 0.3) is 0 Å². The molecule has 1 N–H and O–H groups in total. The lowest BCUT2D eigenvalue weighted by Gasteiger charge is -2.37. The van der Waals surface area contributed by atoms with E-state index in [0.717, 1.165) is 30.6 Å². The number of amides is 1. The van der Waals surface area contributed by atoms with E-state index in [1.807, 2.05) is 23.1 Å². The Morgan fingerprint density at radius 1 is 1.11 bits per heavy atom. The quantitative estimate of drug-likeness (QED) is 0.498. The Kier molecular flexibility index (Phi) is 8.47. The van der Waals surface area contributed by atoms with Crippen molar-refractivity contribution in [3.8, 4) is 5.75 Å². The highest BCUT2D eigenvalue weighted by Crippen LogP contribution is 2.29. The van der Waals surface area contributed by atoms with Gasteiger partial charge in [-0.15, -0.1) is 0 Å². The fourth-order valence-corrected chi connectivity index (χ4v) is 4.45. The number of ether oxygens (including phenoxy) is 1. The number of carboxylic acids is 1. The minimum Gasteiger partial charge on any atom is -0.478 e. The van der Waals surface area contributed by atoms with E-state index in [1.54, 1.807) is 6.07 Å². The summed E-state index contributed by atoms with van der Waals surface area (Å²) in [5.41, 5.74) is 2.08. The number of rotatable bonds is 9. The molecule has 3 rings (SSSR count). The number of nitrogens with zero attached hydrogens (tertiary/aromatic N) is 2. The van der Waals surface area contributed by atoms with Crippen LogP contribution < -0.4 is 9.64 Å². The van der Waals surface area contributed by atoms with Gasteiger partial charge in [0.15, 0.2) is 5.60 Å². The zero-order valence-corrected chi connectivity index (χ0v) is 22.0. The Hall–Kier alpha value is -3.02. The lowest BCUT2D eigenvalue weighted by Crippen LogP contribution is -2.47. The van der Waals surface area contributed by atoms with Crippen LogP contribution in [0.3, 0.4) is 0 Å². The Bertz CT molecular complexity index is 1010. The van der Waals surface area contributed by atoms with Gasteiger partial charge in [-0.1, -0.05) is 44.2 Å². The maximum atomic E-state index is 13.6. The monoisotopic (exact) mass is 480 g/mol. The van der Waals surface area contributed by atoms with Gasteiger partial charge in [-0.2, -0.15) is 0 Å². The summed E-state index contributed by atoms with van der Waals surface area (Å²) in [6, 6.07) is 16.2. The van der Waals surface area contributed by atoms with Crippen LogP contribution in [0.15, 0.2) is 48.5 Å². The molecule has 1 aliphatic heterocycles. The Morgan fingerprint density at radius 3 is 2.40 bits per heavy atom. The average molecular weight is 481 g/mol. The topological polar surface area (TPSA) is 70.1 Å². The predicted octanol–water partition coefficient (Wildman–Crippen LogP) is 5.71. The highest BCUT2D eigenvalue weighted by atomic mass is 16.5. The predicted molar refractivity (Wildman–Crippen MR) is 140 cm³/mol. The molecule has 0 saturated carbocycles. The van der Waals surface area contributed by atoms with E-state index in [2.05, 4.69) is 56.9 Å². The first-order valence-electron chi connectivity index (χ1n) is 12.6. The van der Waals surface area contributed by atoms with Crippen LogP contribution >= 0.6 is 0 Å². The molecular formula is C29H40N2O4. The summed E-state index contributed by atoms with van der Waals surface area (Å²) in [6.45, 7) is 13.7. The number of benzene rings is 2. The summed E-state index contributed by atoms with van der Waals surface area (Å²) in [6.07, 6.45) is 1.80. The van der Waals surface area contributed by atoms with Crippen molar-refractivity contribution >= 4 is 17.6 Å². The SMILES string of the molecule is CC(C)c1ccc(CN(C(=O)[C@@H]2CCCN(c3cccc(OC(C)(C)C(=O)O)c3)C2)C(C)C)cc1. The highest BCUT2D eigenvalue weighted by Gasteiger charge is 2.32. The largest absolute Gasteiger partial charge is 0.478 e. The van der Waals surface area contributed by atoms with Gasteiger partial charge in [0.25, 0.3) is 0 Å². The third kappa shape index (κ3) is 6.77. The molecule has 2 aromatic carbocycles. The second-order valence-corrected chi connectivity index (χ2v) is 10.7. The number of hydrogen-bond acceptors (Lipinski definition) is 4. The Balaban J connectivity index is 1.71. The van der Waals surface area contributed by atoms with Gasteiger partial charge < -0.3 is 19.6 Å². The van der Waals surface area contributed by atoms with Gasteiger partial charge in [0, 0.05) is 37.4 Å². The van der Waals surface area contributed by atoms with Crippen molar-refractivity contribution in [1.29, 1.82) is 0 Å². The van der Waals surface area contributed by atoms with Gasteiger partial charge in [-0.05, 0) is 69.7 Å². The van der Waals surface area contributed by atoms with Gasteiger partial charge in [-0.25, -0.2) is 4.79 Å². The summed E-state index contributed by atoms with van der Waals surface area (Å²) in [7, 11) is 0. The maximum Gasteiger partial charge on any atom is 0.347 e. The first-order chi connectivity index (χ1) is 16.5. The lowest BCUT2D eigenvalue weighted by atomic mass is 9.95. The van der Waals surface area contributed by atoms with Gasteiger partial charge in [0.2, 0.25) is 5.91 Å². The second kappa shape index (κ2) is 11.1. The van der Waals surface area contributed by atoms with Gasteiger partial charge >= 0.3 is 5.97 Å². The minimum absolute atomic E-state index is 0.0823. The van der Waals surface area contributed by atoms with Crippen molar-refractivity contribution < 1.29 is 19.4 Å². The van der Waals surface area contributed by atoms with Crippen molar-refractivity contribution in [3.05, 3.63) is 59.7 Å². The van der Waals surface area contributed by atoms with E-state index >= 15 is 0 Å². The fraction of sp³-hybridized carbons (Fsp3) is 0.517. The molecular weight excluding hydrogens is 440 g/mol. The molecule has 6 nitrogen and oxygen atoms in total. The first-order valence-corrected chi connectivity index (χ1v) is 12.6. The number of carboxylic acid groups (broad SMARTS) is 1. The number of hydrogen-bond donors (Lipinski definition) is 1.